The predicted molar refractivity (Wildman–Crippen MR) is 60.3 cm³/mol. The molecule has 0 aliphatic heterocycles. The molecule has 2 rings (SSSR count). The maximum absolute atomic E-state index is 9.11. The number of hydrogen-bond donors (Lipinski definition) is 1. The zero-order valence-electron chi connectivity index (χ0n) is 8.64. The van der Waals surface area contributed by atoms with Crippen LogP contribution in [-0.2, 0) is 6.61 Å². The lowest BCUT2D eigenvalue weighted by molar-refractivity contribution is 0.281. The monoisotopic (exact) mass is 199 g/mol. The topological polar surface area (TPSA) is 33.1 Å². The summed E-state index contributed by atoms with van der Waals surface area (Å²) in [6.45, 7) is 1.99. The summed E-state index contributed by atoms with van der Waals surface area (Å²) in [4.78, 5) is 4.44. The second-order valence-electron chi connectivity index (χ2n) is 3.53. The first-order valence-corrected chi connectivity index (χ1v) is 4.93. The van der Waals surface area contributed by atoms with Crippen molar-refractivity contribution in [2.45, 2.75) is 13.5 Å². The van der Waals surface area contributed by atoms with Crippen molar-refractivity contribution in [3.8, 4) is 11.3 Å². The number of aliphatic hydroxyl groups is 1. The Morgan fingerprint density at radius 3 is 2.53 bits per heavy atom. The Morgan fingerprint density at radius 2 is 1.87 bits per heavy atom. The van der Waals surface area contributed by atoms with Gasteiger partial charge in [-0.05, 0) is 24.6 Å². The molecule has 0 aliphatic carbocycles. The zero-order chi connectivity index (χ0) is 10.7. The second-order valence-corrected chi connectivity index (χ2v) is 3.53. The van der Waals surface area contributed by atoms with Gasteiger partial charge in [0, 0.05) is 11.3 Å². The SMILES string of the molecule is Cc1cc(CO)cc(-c2ccccc2)n1. The highest BCUT2D eigenvalue weighted by Gasteiger charge is 2.01. The summed E-state index contributed by atoms with van der Waals surface area (Å²) in [6, 6.07) is 13.8. The number of aryl methyl sites for hydroxylation is 1. The van der Waals surface area contributed by atoms with E-state index in [0.717, 1.165) is 22.5 Å². The normalized spacial score (nSPS) is 10.3. The third-order valence-corrected chi connectivity index (χ3v) is 2.27. The lowest BCUT2D eigenvalue weighted by Gasteiger charge is -2.04. The maximum Gasteiger partial charge on any atom is 0.0708 e. The van der Waals surface area contributed by atoms with Gasteiger partial charge in [0.05, 0.1) is 12.3 Å². The van der Waals surface area contributed by atoms with E-state index >= 15 is 0 Å². The molecule has 1 aromatic carbocycles. The van der Waals surface area contributed by atoms with Crippen molar-refractivity contribution in [3.05, 3.63) is 53.7 Å². The van der Waals surface area contributed by atoms with Crippen LogP contribution < -0.4 is 0 Å². The van der Waals surface area contributed by atoms with Gasteiger partial charge in [0.2, 0.25) is 0 Å². The van der Waals surface area contributed by atoms with E-state index in [1.165, 1.54) is 0 Å². The average Bonchev–Trinajstić information content (AvgIpc) is 2.29. The Balaban J connectivity index is 2.49. The highest BCUT2D eigenvalue weighted by atomic mass is 16.3. The van der Waals surface area contributed by atoms with Crippen LogP contribution in [0, 0.1) is 6.92 Å². The van der Waals surface area contributed by atoms with Crippen molar-refractivity contribution >= 4 is 0 Å². The molecule has 1 N–H and O–H groups in total. The van der Waals surface area contributed by atoms with Gasteiger partial charge in [-0.15, -0.1) is 0 Å². The van der Waals surface area contributed by atoms with Crippen LogP contribution in [0.1, 0.15) is 11.3 Å². The Labute approximate surface area is 89.2 Å². The van der Waals surface area contributed by atoms with Gasteiger partial charge in [-0.3, -0.25) is 4.98 Å². The smallest absolute Gasteiger partial charge is 0.0708 e. The number of nitrogens with zero attached hydrogens (tertiary/aromatic N) is 1. The second kappa shape index (κ2) is 4.24. The molecule has 2 aromatic rings. The summed E-state index contributed by atoms with van der Waals surface area (Å²) >= 11 is 0. The summed E-state index contributed by atoms with van der Waals surface area (Å²) in [5.41, 5.74) is 3.83. The molecule has 1 heterocycles. The first kappa shape index (κ1) is 9.87. The van der Waals surface area contributed by atoms with Crippen molar-refractivity contribution in [3.63, 3.8) is 0 Å². The molecule has 0 bridgehead atoms. The summed E-state index contributed by atoms with van der Waals surface area (Å²) in [5.74, 6) is 0. The van der Waals surface area contributed by atoms with Crippen LogP contribution in [0.4, 0.5) is 0 Å². The number of aromatic nitrogens is 1. The van der Waals surface area contributed by atoms with Gasteiger partial charge in [-0.2, -0.15) is 0 Å². The quantitative estimate of drug-likeness (QED) is 0.806. The van der Waals surface area contributed by atoms with E-state index < -0.39 is 0 Å². The van der Waals surface area contributed by atoms with E-state index in [9.17, 15) is 0 Å². The van der Waals surface area contributed by atoms with E-state index in [2.05, 4.69) is 4.98 Å². The zero-order valence-corrected chi connectivity index (χ0v) is 8.64. The standard InChI is InChI=1S/C13H13NO/c1-10-7-11(9-15)8-13(14-10)12-5-3-2-4-6-12/h2-8,15H,9H2,1H3. The number of pyridine rings is 1. The molecule has 1 aromatic heterocycles. The van der Waals surface area contributed by atoms with Gasteiger partial charge in [0.25, 0.3) is 0 Å². The predicted octanol–water partition coefficient (Wildman–Crippen LogP) is 2.55. The minimum atomic E-state index is 0.0587. The van der Waals surface area contributed by atoms with E-state index in [0.29, 0.717) is 0 Å². The Kier molecular flexibility index (Phi) is 2.79. The molecule has 2 heteroatoms. The van der Waals surface area contributed by atoms with Gasteiger partial charge in [-0.1, -0.05) is 30.3 Å². The van der Waals surface area contributed by atoms with Crippen LogP contribution in [0.2, 0.25) is 0 Å². The van der Waals surface area contributed by atoms with Gasteiger partial charge in [0.1, 0.15) is 0 Å². The highest BCUT2D eigenvalue weighted by molar-refractivity contribution is 5.59. The molecule has 0 fully saturated rings. The average molecular weight is 199 g/mol. The molecule has 0 aliphatic rings. The molecule has 0 spiro atoms. The van der Waals surface area contributed by atoms with Crippen molar-refractivity contribution in [1.82, 2.24) is 4.98 Å². The third-order valence-electron chi connectivity index (χ3n) is 2.27. The van der Waals surface area contributed by atoms with E-state index in [1.807, 2.05) is 49.4 Å². The Bertz CT molecular complexity index is 451. The van der Waals surface area contributed by atoms with Crippen LogP contribution in [0.3, 0.4) is 0 Å². The molecular weight excluding hydrogens is 186 g/mol. The molecule has 0 saturated heterocycles. The number of aliphatic hydroxyl groups excluding tert-OH is 1. The van der Waals surface area contributed by atoms with Crippen molar-refractivity contribution in [2.24, 2.45) is 0 Å². The first-order valence-electron chi connectivity index (χ1n) is 4.93. The maximum atomic E-state index is 9.11. The summed E-state index contributed by atoms with van der Waals surface area (Å²) < 4.78 is 0. The van der Waals surface area contributed by atoms with Gasteiger partial charge < -0.3 is 5.11 Å². The Hall–Kier alpha value is -1.67. The van der Waals surface area contributed by atoms with Gasteiger partial charge in [-0.25, -0.2) is 0 Å². The van der Waals surface area contributed by atoms with E-state index in [1.54, 1.807) is 0 Å². The van der Waals surface area contributed by atoms with Crippen molar-refractivity contribution < 1.29 is 5.11 Å². The third kappa shape index (κ3) is 2.22. The van der Waals surface area contributed by atoms with Gasteiger partial charge in [0.15, 0.2) is 0 Å². The van der Waals surface area contributed by atoms with Crippen molar-refractivity contribution in [2.75, 3.05) is 0 Å². The highest BCUT2D eigenvalue weighted by Crippen LogP contribution is 2.18. The van der Waals surface area contributed by atoms with E-state index in [4.69, 9.17) is 5.11 Å². The molecule has 0 saturated carbocycles. The molecule has 0 amide bonds. The fraction of sp³-hybridized carbons (Fsp3) is 0.154. The summed E-state index contributed by atoms with van der Waals surface area (Å²) in [7, 11) is 0. The van der Waals surface area contributed by atoms with Crippen LogP contribution >= 0.6 is 0 Å². The number of rotatable bonds is 2. The van der Waals surface area contributed by atoms with Crippen LogP contribution in [-0.4, -0.2) is 10.1 Å². The summed E-state index contributed by atoms with van der Waals surface area (Å²) in [6.07, 6.45) is 0. The van der Waals surface area contributed by atoms with Crippen molar-refractivity contribution in [1.29, 1.82) is 0 Å². The fourth-order valence-corrected chi connectivity index (χ4v) is 1.59. The molecule has 0 radical (unpaired) electrons. The van der Waals surface area contributed by atoms with Gasteiger partial charge >= 0.3 is 0 Å². The largest absolute Gasteiger partial charge is 0.392 e. The molecule has 0 atom stereocenters. The van der Waals surface area contributed by atoms with Crippen LogP contribution in [0.15, 0.2) is 42.5 Å². The number of benzene rings is 1. The molecule has 76 valence electrons. The molecular formula is C13H13NO. The summed E-state index contributed by atoms with van der Waals surface area (Å²) in [5, 5.41) is 9.11. The minimum Gasteiger partial charge on any atom is -0.392 e. The van der Waals surface area contributed by atoms with E-state index in [-0.39, 0.29) is 6.61 Å². The lowest BCUT2D eigenvalue weighted by Crippen LogP contribution is -1.91. The number of hydrogen-bond acceptors (Lipinski definition) is 2. The van der Waals surface area contributed by atoms with Crippen LogP contribution in [0.5, 0.6) is 0 Å². The lowest BCUT2D eigenvalue weighted by atomic mass is 10.1. The molecule has 15 heavy (non-hydrogen) atoms. The molecule has 2 nitrogen and oxygen atoms in total. The fourth-order valence-electron chi connectivity index (χ4n) is 1.59. The minimum absolute atomic E-state index is 0.0587. The first-order chi connectivity index (χ1) is 7.29. The Morgan fingerprint density at radius 1 is 1.13 bits per heavy atom. The molecule has 0 unspecified atom stereocenters. The van der Waals surface area contributed by atoms with Crippen LogP contribution in [0.25, 0.3) is 11.3 Å².